The van der Waals surface area contributed by atoms with Crippen molar-refractivity contribution in [1.29, 1.82) is 0 Å². The number of nitrogens with zero attached hydrogens (tertiary/aromatic N) is 1. The Hall–Kier alpha value is -1.20. The monoisotopic (exact) mass is 296 g/mol. The molecule has 0 aliphatic carbocycles. The molecule has 0 spiro atoms. The molecule has 16 heavy (non-hydrogen) atoms. The molecule has 0 atom stereocenters. The minimum absolute atomic E-state index is 0.151. The zero-order valence-electron chi connectivity index (χ0n) is 8.53. The number of hydrogen-bond acceptors (Lipinski definition) is 3. The first kappa shape index (κ1) is 11.3. The molecule has 0 saturated carbocycles. The lowest BCUT2D eigenvalue weighted by Gasteiger charge is -2.03. The summed E-state index contributed by atoms with van der Waals surface area (Å²) in [5.74, 6) is -0.151. The molecule has 82 valence electrons. The van der Waals surface area contributed by atoms with Crippen LogP contribution in [-0.4, -0.2) is 10.9 Å². The molecule has 0 saturated heterocycles. The number of aromatic nitrogens is 1. The summed E-state index contributed by atoms with van der Waals surface area (Å²) >= 11 is 4.80. The lowest BCUT2D eigenvalue weighted by Crippen LogP contribution is -2.12. The van der Waals surface area contributed by atoms with Crippen LogP contribution in [0.4, 0.5) is 5.13 Å². The second kappa shape index (κ2) is 4.76. The molecule has 0 unspecified atom stereocenters. The van der Waals surface area contributed by atoms with E-state index < -0.39 is 0 Å². The van der Waals surface area contributed by atoms with Crippen LogP contribution in [0.1, 0.15) is 15.2 Å². The van der Waals surface area contributed by atoms with E-state index in [1.165, 1.54) is 11.3 Å². The van der Waals surface area contributed by atoms with Gasteiger partial charge in [0.15, 0.2) is 5.13 Å². The van der Waals surface area contributed by atoms with Gasteiger partial charge in [0.05, 0.1) is 5.56 Å². The normalized spacial score (nSPS) is 10.1. The summed E-state index contributed by atoms with van der Waals surface area (Å²) in [7, 11) is 0. The van der Waals surface area contributed by atoms with Crippen molar-refractivity contribution in [3.63, 3.8) is 0 Å². The van der Waals surface area contributed by atoms with Crippen LogP contribution in [0.15, 0.2) is 34.9 Å². The van der Waals surface area contributed by atoms with Gasteiger partial charge in [-0.3, -0.25) is 10.1 Å². The van der Waals surface area contributed by atoms with E-state index in [1.54, 1.807) is 12.3 Å². The van der Waals surface area contributed by atoms with Gasteiger partial charge in [-0.2, -0.15) is 0 Å². The maximum Gasteiger partial charge on any atom is 0.258 e. The van der Waals surface area contributed by atoms with E-state index in [9.17, 15) is 4.79 Å². The molecule has 0 aliphatic heterocycles. The topological polar surface area (TPSA) is 42.0 Å². The molecule has 0 bridgehead atoms. The summed E-state index contributed by atoms with van der Waals surface area (Å²) in [6.45, 7) is 1.95. The van der Waals surface area contributed by atoms with E-state index in [0.29, 0.717) is 10.7 Å². The lowest BCUT2D eigenvalue weighted by atomic mass is 10.2. The molecule has 1 aromatic heterocycles. The Labute approximate surface area is 106 Å². The third kappa shape index (κ3) is 2.48. The van der Waals surface area contributed by atoms with Crippen molar-refractivity contribution < 1.29 is 4.79 Å². The number of halogens is 1. The van der Waals surface area contributed by atoms with E-state index in [-0.39, 0.29) is 5.91 Å². The van der Waals surface area contributed by atoms with Crippen molar-refractivity contribution in [3.8, 4) is 0 Å². The highest BCUT2D eigenvalue weighted by atomic mass is 79.9. The fourth-order valence-corrected chi connectivity index (χ4v) is 2.35. The van der Waals surface area contributed by atoms with Gasteiger partial charge in [0.1, 0.15) is 0 Å². The van der Waals surface area contributed by atoms with Crippen LogP contribution < -0.4 is 5.32 Å². The van der Waals surface area contributed by atoms with Crippen LogP contribution in [0.25, 0.3) is 0 Å². The van der Waals surface area contributed by atoms with Crippen LogP contribution in [-0.2, 0) is 0 Å². The highest BCUT2D eigenvalue weighted by Crippen LogP contribution is 2.20. The van der Waals surface area contributed by atoms with Crippen molar-refractivity contribution in [2.24, 2.45) is 0 Å². The van der Waals surface area contributed by atoms with E-state index >= 15 is 0 Å². The quantitative estimate of drug-likeness (QED) is 0.922. The number of aryl methyl sites for hydroxylation is 1. The molecule has 1 heterocycles. The number of carbonyl (C=O) groups is 1. The second-order valence-electron chi connectivity index (χ2n) is 3.21. The largest absolute Gasteiger partial charge is 0.298 e. The Bertz CT molecular complexity index is 524. The van der Waals surface area contributed by atoms with Crippen molar-refractivity contribution in [2.45, 2.75) is 6.92 Å². The molecule has 0 aliphatic rings. The maximum atomic E-state index is 11.9. The Morgan fingerprint density at radius 2 is 2.19 bits per heavy atom. The summed E-state index contributed by atoms with van der Waals surface area (Å²) in [6, 6.07) is 7.29. The Morgan fingerprint density at radius 3 is 2.81 bits per heavy atom. The van der Waals surface area contributed by atoms with Crippen LogP contribution in [0.5, 0.6) is 0 Å². The fraction of sp³-hybridized carbons (Fsp3) is 0.0909. The van der Waals surface area contributed by atoms with E-state index in [1.807, 2.05) is 25.1 Å². The molecule has 5 heteroatoms. The molecule has 0 fully saturated rings. The highest BCUT2D eigenvalue weighted by Gasteiger charge is 2.10. The average Bonchev–Trinajstić information content (AvgIpc) is 2.64. The number of amides is 1. The molecular weight excluding hydrogens is 288 g/mol. The maximum absolute atomic E-state index is 11.9. The van der Waals surface area contributed by atoms with Crippen molar-refractivity contribution in [3.05, 3.63) is 45.4 Å². The van der Waals surface area contributed by atoms with Crippen molar-refractivity contribution >= 4 is 38.3 Å². The van der Waals surface area contributed by atoms with Gasteiger partial charge in [0, 0.05) is 15.5 Å². The zero-order chi connectivity index (χ0) is 11.5. The van der Waals surface area contributed by atoms with Crippen LogP contribution in [0.3, 0.4) is 0 Å². The third-order valence-corrected chi connectivity index (χ3v) is 3.48. The van der Waals surface area contributed by atoms with E-state index in [4.69, 9.17) is 0 Å². The van der Waals surface area contributed by atoms with Crippen LogP contribution in [0, 0.1) is 6.92 Å². The molecule has 1 aromatic carbocycles. The first-order valence-corrected chi connectivity index (χ1v) is 6.26. The summed E-state index contributed by atoms with van der Waals surface area (Å²) in [4.78, 5) is 17.0. The predicted molar refractivity (Wildman–Crippen MR) is 68.9 cm³/mol. The van der Waals surface area contributed by atoms with E-state index in [0.717, 1.165) is 9.35 Å². The van der Waals surface area contributed by atoms with Gasteiger partial charge >= 0.3 is 0 Å². The number of nitrogens with one attached hydrogen (secondary N) is 1. The van der Waals surface area contributed by atoms with Gasteiger partial charge in [-0.15, -0.1) is 11.3 Å². The van der Waals surface area contributed by atoms with E-state index in [2.05, 4.69) is 26.2 Å². The molecule has 2 rings (SSSR count). The number of thiazole rings is 1. The third-order valence-electron chi connectivity index (χ3n) is 1.96. The molecule has 1 N–H and O–H groups in total. The van der Waals surface area contributed by atoms with Gasteiger partial charge in [0.2, 0.25) is 0 Å². The number of carbonyl (C=O) groups excluding carboxylic acids is 1. The second-order valence-corrected chi connectivity index (χ2v) is 5.30. The Kier molecular flexibility index (Phi) is 3.36. The molecule has 3 nitrogen and oxygen atoms in total. The van der Waals surface area contributed by atoms with Gasteiger partial charge in [-0.05, 0) is 35.0 Å². The predicted octanol–water partition coefficient (Wildman–Crippen LogP) is 3.47. The summed E-state index contributed by atoms with van der Waals surface area (Å²) in [5.41, 5.74) is 0.607. The lowest BCUT2D eigenvalue weighted by molar-refractivity contribution is 0.102. The summed E-state index contributed by atoms with van der Waals surface area (Å²) in [6.07, 6.45) is 1.74. The van der Waals surface area contributed by atoms with Crippen LogP contribution >= 0.6 is 27.3 Å². The number of anilines is 1. The molecule has 0 radical (unpaired) electrons. The number of hydrogen-bond donors (Lipinski definition) is 1. The van der Waals surface area contributed by atoms with Crippen LogP contribution in [0.2, 0.25) is 0 Å². The minimum atomic E-state index is -0.151. The SMILES string of the molecule is Cc1cnc(NC(=O)c2ccccc2Br)s1. The van der Waals surface area contributed by atoms with Crippen molar-refractivity contribution in [2.75, 3.05) is 5.32 Å². The highest BCUT2D eigenvalue weighted by molar-refractivity contribution is 9.10. The first-order valence-electron chi connectivity index (χ1n) is 4.65. The smallest absolute Gasteiger partial charge is 0.258 e. The van der Waals surface area contributed by atoms with Gasteiger partial charge < -0.3 is 0 Å². The minimum Gasteiger partial charge on any atom is -0.298 e. The Morgan fingerprint density at radius 1 is 1.44 bits per heavy atom. The van der Waals surface area contributed by atoms with Crippen molar-refractivity contribution in [1.82, 2.24) is 4.98 Å². The average molecular weight is 297 g/mol. The number of benzene rings is 1. The summed E-state index contributed by atoms with van der Waals surface area (Å²) < 4.78 is 0.778. The van der Waals surface area contributed by atoms with Gasteiger partial charge in [-0.1, -0.05) is 12.1 Å². The standard InChI is InChI=1S/C11H9BrN2OS/c1-7-6-13-11(16-7)14-10(15)8-4-2-3-5-9(8)12/h2-6H,1H3,(H,13,14,15). The summed E-state index contributed by atoms with van der Waals surface area (Å²) in [5, 5.41) is 3.38. The molecule has 1 amide bonds. The zero-order valence-corrected chi connectivity index (χ0v) is 10.9. The first-order chi connectivity index (χ1) is 7.66. The van der Waals surface area contributed by atoms with Gasteiger partial charge in [-0.25, -0.2) is 4.98 Å². The molecule has 2 aromatic rings. The fourth-order valence-electron chi connectivity index (χ4n) is 1.22. The number of rotatable bonds is 2. The van der Waals surface area contributed by atoms with Gasteiger partial charge in [0.25, 0.3) is 5.91 Å². The Balaban J connectivity index is 2.18. The molecular formula is C11H9BrN2OS.